The minimum Gasteiger partial charge on any atom is -0.362 e. The third-order valence-electron chi connectivity index (χ3n) is 5.55. The van der Waals surface area contributed by atoms with Crippen LogP contribution in [0.2, 0.25) is 0 Å². The molecule has 12 heteroatoms. The summed E-state index contributed by atoms with van der Waals surface area (Å²) < 4.78 is 62.3. The van der Waals surface area contributed by atoms with Gasteiger partial charge in [0.05, 0.1) is 34.6 Å². The molecule has 196 valence electrons. The van der Waals surface area contributed by atoms with Gasteiger partial charge in [-0.2, -0.15) is 13.2 Å². The van der Waals surface area contributed by atoms with E-state index < -0.39 is 27.7 Å². The number of nitrogens with one attached hydrogen (secondary N) is 2. The zero-order chi connectivity index (χ0) is 27.5. The van der Waals surface area contributed by atoms with E-state index in [9.17, 15) is 26.4 Å². The Hall–Kier alpha value is -4.29. The summed E-state index contributed by atoms with van der Waals surface area (Å²) in [6.45, 7) is 1.85. The molecule has 0 spiro atoms. The number of halogens is 3. The predicted octanol–water partition coefficient (Wildman–Crippen LogP) is 5.24. The van der Waals surface area contributed by atoms with E-state index in [1.54, 1.807) is 30.3 Å². The number of amides is 1. The second kappa shape index (κ2) is 10.6. The summed E-state index contributed by atoms with van der Waals surface area (Å²) in [4.78, 5) is 21.2. The summed E-state index contributed by atoms with van der Waals surface area (Å²) in [7, 11) is -3.88. The van der Waals surface area contributed by atoms with Crippen LogP contribution in [0.5, 0.6) is 0 Å². The minimum atomic E-state index is -4.55. The van der Waals surface area contributed by atoms with E-state index in [1.165, 1.54) is 36.7 Å². The maximum atomic E-state index is 13.0. The number of carbonyl (C=O) groups excluding carboxylic acids is 1. The fraction of sp³-hybridized carbons (Fsp3) is 0.115. The Morgan fingerprint density at radius 3 is 2.45 bits per heavy atom. The van der Waals surface area contributed by atoms with Crippen LogP contribution in [0.1, 0.15) is 34.5 Å². The molecular weight excluding hydrogens is 519 g/mol. The molecule has 1 atom stereocenters. The van der Waals surface area contributed by atoms with Crippen molar-refractivity contribution in [2.75, 3.05) is 10.6 Å². The van der Waals surface area contributed by atoms with E-state index in [2.05, 4.69) is 20.6 Å². The van der Waals surface area contributed by atoms with Crippen LogP contribution in [-0.4, -0.2) is 24.3 Å². The van der Waals surface area contributed by atoms with Crippen LogP contribution in [0.4, 0.5) is 24.7 Å². The highest BCUT2D eigenvalue weighted by Gasteiger charge is 2.30. The Morgan fingerprint density at radius 1 is 0.974 bits per heavy atom. The van der Waals surface area contributed by atoms with Crippen LogP contribution >= 0.6 is 0 Å². The Bertz CT molecular complexity index is 1590. The highest BCUT2D eigenvalue weighted by atomic mass is 32.2. The number of rotatable bonds is 7. The fourth-order valence-electron chi connectivity index (χ4n) is 3.64. The Kier molecular flexibility index (Phi) is 7.46. The van der Waals surface area contributed by atoms with Gasteiger partial charge in [0.1, 0.15) is 5.82 Å². The van der Waals surface area contributed by atoms with E-state index >= 15 is 0 Å². The zero-order valence-corrected chi connectivity index (χ0v) is 20.7. The van der Waals surface area contributed by atoms with Crippen molar-refractivity contribution in [2.45, 2.75) is 24.0 Å². The average Bonchev–Trinajstić information content (AvgIpc) is 2.88. The van der Waals surface area contributed by atoms with Gasteiger partial charge >= 0.3 is 6.18 Å². The molecule has 4 rings (SSSR count). The third kappa shape index (κ3) is 6.52. The van der Waals surface area contributed by atoms with Gasteiger partial charge in [-0.15, -0.1) is 0 Å². The number of anilines is 2. The normalized spacial score (nSPS) is 12.6. The second-order valence-corrected chi connectivity index (χ2v) is 9.95. The van der Waals surface area contributed by atoms with Gasteiger partial charge in [0.25, 0.3) is 5.91 Å². The number of carbonyl (C=O) groups is 1. The molecule has 0 bridgehead atoms. The largest absolute Gasteiger partial charge is 0.416 e. The molecule has 4 aromatic rings. The van der Waals surface area contributed by atoms with Gasteiger partial charge in [0.15, 0.2) is 0 Å². The average molecular weight is 542 g/mol. The molecule has 1 heterocycles. The van der Waals surface area contributed by atoms with Crippen LogP contribution < -0.4 is 15.8 Å². The summed E-state index contributed by atoms with van der Waals surface area (Å²) in [5.74, 6) is -0.261. The SMILES string of the molecule is C[C@H](Nc1cncc(-c2cccc(S(N)(=O)=O)c2)n1)c1cccc(NC(=O)c2cccc(C(F)(F)F)c2)c1. The van der Waals surface area contributed by atoms with Gasteiger partial charge in [-0.25, -0.2) is 18.5 Å². The van der Waals surface area contributed by atoms with Gasteiger partial charge < -0.3 is 10.6 Å². The lowest BCUT2D eigenvalue weighted by Gasteiger charge is -2.17. The van der Waals surface area contributed by atoms with Crippen LogP contribution in [-0.2, 0) is 16.2 Å². The van der Waals surface area contributed by atoms with Crippen molar-refractivity contribution < 1.29 is 26.4 Å². The van der Waals surface area contributed by atoms with Gasteiger partial charge in [0.2, 0.25) is 10.0 Å². The first-order chi connectivity index (χ1) is 17.9. The quantitative estimate of drug-likeness (QED) is 0.294. The molecular formula is C26H22F3N5O3S. The minimum absolute atomic E-state index is 0.0486. The van der Waals surface area contributed by atoms with E-state index in [0.29, 0.717) is 22.8 Å². The molecule has 38 heavy (non-hydrogen) atoms. The van der Waals surface area contributed by atoms with E-state index in [-0.39, 0.29) is 16.5 Å². The first-order valence-corrected chi connectivity index (χ1v) is 12.8. The lowest BCUT2D eigenvalue weighted by molar-refractivity contribution is -0.137. The fourth-order valence-corrected chi connectivity index (χ4v) is 4.20. The molecule has 0 aliphatic rings. The molecule has 8 nitrogen and oxygen atoms in total. The topological polar surface area (TPSA) is 127 Å². The third-order valence-corrected chi connectivity index (χ3v) is 6.46. The zero-order valence-electron chi connectivity index (χ0n) is 19.9. The van der Waals surface area contributed by atoms with Crippen molar-refractivity contribution in [1.82, 2.24) is 9.97 Å². The smallest absolute Gasteiger partial charge is 0.362 e. The number of benzene rings is 3. The number of hydrogen-bond acceptors (Lipinski definition) is 6. The lowest BCUT2D eigenvalue weighted by atomic mass is 10.1. The summed E-state index contributed by atoms with van der Waals surface area (Å²) >= 11 is 0. The number of alkyl halides is 3. The molecule has 4 N–H and O–H groups in total. The van der Waals surface area contributed by atoms with Crippen molar-refractivity contribution in [1.29, 1.82) is 0 Å². The lowest BCUT2D eigenvalue weighted by Crippen LogP contribution is -2.14. The number of nitrogens with two attached hydrogens (primary N) is 1. The second-order valence-electron chi connectivity index (χ2n) is 8.39. The molecule has 1 aromatic heterocycles. The van der Waals surface area contributed by atoms with Crippen LogP contribution in [0, 0.1) is 0 Å². The van der Waals surface area contributed by atoms with Crippen LogP contribution in [0.15, 0.2) is 90.1 Å². The molecule has 0 aliphatic carbocycles. The molecule has 1 amide bonds. The standard InChI is InChI=1S/C26H22F3N5O3S/c1-16(32-24-15-31-14-23(34-24)18-6-4-10-22(13-18)38(30,36)37)17-5-3-9-21(12-17)33-25(35)19-7-2-8-20(11-19)26(27,28)29/h2-16H,1H3,(H,32,34)(H,33,35)(H2,30,36,37)/t16-/m0/s1. The van der Waals surface area contributed by atoms with Gasteiger partial charge in [-0.05, 0) is 55.0 Å². The summed E-state index contributed by atoms with van der Waals surface area (Å²) in [6, 6.07) is 16.7. The Morgan fingerprint density at radius 2 is 1.71 bits per heavy atom. The van der Waals surface area contributed by atoms with Crippen molar-refractivity contribution in [3.05, 3.63) is 102 Å². The maximum absolute atomic E-state index is 13.0. The van der Waals surface area contributed by atoms with Gasteiger partial charge in [0, 0.05) is 16.8 Å². The predicted molar refractivity (Wildman–Crippen MR) is 137 cm³/mol. The van der Waals surface area contributed by atoms with Crippen molar-refractivity contribution in [3.8, 4) is 11.3 Å². The van der Waals surface area contributed by atoms with Crippen molar-refractivity contribution >= 4 is 27.4 Å². The highest BCUT2D eigenvalue weighted by Crippen LogP contribution is 2.30. The Balaban J connectivity index is 1.49. The maximum Gasteiger partial charge on any atom is 0.416 e. The number of aromatic nitrogens is 2. The van der Waals surface area contributed by atoms with Crippen molar-refractivity contribution in [2.24, 2.45) is 5.14 Å². The molecule has 3 aromatic carbocycles. The first-order valence-electron chi connectivity index (χ1n) is 11.2. The first kappa shape index (κ1) is 26.8. The summed E-state index contributed by atoms with van der Waals surface area (Å²) in [6.07, 6.45) is -1.56. The van der Waals surface area contributed by atoms with Crippen LogP contribution in [0.3, 0.4) is 0 Å². The summed E-state index contributed by atoms with van der Waals surface area (Å²) in [5, 5.41) is 11.0. The number of hydrogen-bond donors (Lipinski definition) is 3. The molecule has 0 fully saturated rings. The van der Waals surface area contributed by atoms with Gasteiger partial charge in [-0.3, -0.25) is 9.78 Å². The molecule has 0 saturated heterocycles. The van der Waals surface area contributed by atoms with Gasteiger partial charge in [-0.1, -0.05) is 30.3 Å². The number of sulfonamides is 1. The molecule has 0 aliphatic heterocycles. The number of primary sulfonamides is 1. The van der Waals surface area contributed by atoms with Crippen molar-refractivity contribution in [3.63, 3.8) is 0 Å². The molecule has 0 saturated carbocycles. The van der Waals surface area contributed by atoms with E-state index in [1.807, 2.05) is 13.0 Å². The molecule has 0 radical (unpaired) electrons. The summed E-state index contributed by atoms with van der Waals surface area (Å²) in [5.41, 5.74) is 1.08. The monoisotopic (exact) mass is 541 g/mol. The van der Waals surface area contributed by atoms with E-state index in [4.69, 9.17) is 5.14 Å². The number of nitrogens with zero attached hydrogens (tertiary/aromatic N) is 2. The van der Waals surface area contributed by atoms with E-state index in [0.717, 1.165) is 17.7 Å². The Labute approximate surface area is 216 Å². The molecule has 0 unspecified atom stereocenters. The highest BCUT2D eigenvalue weighted by molar-refractivity contribution is 7.89. The van der Waals surface area contributed by atoms with Crippen LogP contribution in [0.25, 0.3) is 11.3 Å².